The number of cyclic esters (lactones) is 1. The third kappa shape index (κ3) is 5.21. The van der Waals surface area contributed by atoms with Crippen molar-refractivity contribution in [2.75, 3.05) is 41.3 Å². The molecular formula is C32H38O14. The molecule has 14 heteroatoms. The number of ether oxygens (including phenoxy) is 10. The van der Waals surface area contributed by atoms with E-state index in [1.807, 2.05) is 6.92 Å². The monoisotopic (exact) mass is 646 g/mol. The number of rotatable bonds is 8. The number of carbonyl (C=O) groups excluding carboxylic acids is 1. The Morgan fingerprint density at radius 3 is 2.28 bits per heavy atom. The van der Waals surface area contributed by atoms with Crippen LogP contribution in [0.2, 0.25) is 0 Å². The molecule has 4 heterocycles. The molecule has 0 saturated carbocycles. The molecule has 7 rings (SSSR count). The van der Waals surface area contributed by atoms with E-state index < -0.39 is 66.8 Å². The van der Waals surface area contributed by atoms with Crippen LogP contribution < -0.4 is 18.9 Å². The lowest BCUT2D eigenvalue weighted by Crippen LogP contribution is -2.63. The first-order valence-electron chi connectivity index (χ1n) is 15.2. The van der Waals surface area contributed by atoms with E-state index in [1.165, 1.54) is 14.2 Å². The van der Waals surface area contributed by atoms with Gasteiger partial charge >= 0.3 is 5.97 Å². The van der Waals surface area contributed by atoms with Crippen LogP contribution in [0.15, 0.2) is 24.3 Å². The molecule has 2 aromatic rings. The number of aliphatic hydroxyl groups excluding tert-OH is 2. The number of aliphatic hydroxyl groups is 2. The molecule has 0 amide bonds. The fourth-order valence-electron chi connectivity index (χ4n) is 7.15. The molecule has 46 heavy (non-hydrogen) atoms. The quantitative estimate of drug-likeness (QED) is 0.355. The average Bonchev–Trinajstić information content (AvgIpc) is 3.69. The average molecular weight is 647 g/mol. The molecule has 0 radical (unpaired) electrons. The van der Waals surface area contributed by atoms with Crippen LogP contribution >= 0.6 is 0 Å². The normalized spacial score (nSPS) is 35.0. The van der Waals surface area contributed by atoms with E-state index in [2.05, 4.69) is 0 Å². The highest BCUT2D eigenvalue weighted by molar-refractivity contribution is 5.79. The Morgan fingerprint density at radius 1 is 0.913 bits per heavy atom. The van der Waals surface area contributed by atoms with Crippen molar-refractivity contribution in [2.24, 2.45) is 11.8 Å². The SMILES string of the molecule is COc1cc([C@@H]2c3cc4c(cc3[C@@H](OC3OC5COC(CC(C)OC)OC5C(O)C3O)[C@H]3COC(=O)[C@H]23)OCO4)cc(OC)c1O. The van der Waals surface area contributed by atoms with Crippen molar-refractivity contribution in [2.45, 2.75) is 68.5 Å². The minimum Gasteiger partial charge on any atom is -0.502 e. The summed E-state index contributed by atoms with van der Waals surface area (Å²) in [4.78, 5) is 13.5. The van der Waals surface area contributed by atoms with Gasteiger partial charge in [-0.25, -0.2) is 0 Å². The van der Waals surface area contributed by atoms with Crippen LogP contribution in [0, 0.1) is 11.8 Å². The first-order chi connectivity index (χ1) is 22.2. The topological polar surface area (TPSA) is 170 Å². The highest BCUT2D eigenvalue weighted by atomic mass is 16.8. The summed E-state index contributed by atoms with van der Waals surface area (Å²) in [5, 5.41) is 33.0. The molecule has 0 bridgehead atoms. The maximum atomic E-state index is 13.5. The number of carbonyl (C=O) groups is 1. The van der Waals surface area contributed by atoms with Gasteiger partial charge in [0.05, 0.1) is 45.6 Å². The summed E-state index contributed by atoms with van der Waals surface area (Å²) in [5.74, 6) is -1.11. The van der Waals surface area contributed by atoms with E-state index in [0.717, 1.165) is 0 Å². The predicted molar refractivity (Wildman–Crippen MR) is 154 cm³/mol. The Morgan fingerprint density at radius 2 is 1.61 bits per heavy atom. The number of hydrogen-bond acceptors (Lipinski definition) is 14. The van der Waals surface area contributed by atoms with Crippen LogP contribution in [0.1, 0.15) is 42.1 Å². The smallest absolute Gasteiger partial charge is 0.310 e. The van der Waals surface area contributed by atoms with Gasteiger partial charge in [-0.2, -0.15) is 0 Å². The van der Waals surface area contributed by atoms with Gasteiger partial charge in [0.1, 0.15) is 24.4 Å². The van der Waals surface area contributed by atoms with Gasteiger partial charge in [-0.3, -0.25) is 4.79 Å². The molecule has 3 N–H and O–H groups in total. The molecule has 2 aromatic carbocycles. The van der Waals surface area contributed by atoms with Gasteiger partial charge in [-0.15, -0.1) is 0 Å². The fraction of sp³-hybridized carbons (Fsp3) is 0.594. The van der Waals surface area contributed by atoms with Gasteiger partial charge in [0.2, 0.25) is 12.5 Å². The zero-order valence-electron chi connectivity index (χ0n) is 25.8. The summed E-state index contributed by atoms with van der Waals surface area (Å²) >= 11 is 0. The zero-order chi connectivity index (χ0) is 32.3. The number of aromatic hydroxyl groups is 1. The number of fused-ring (bicyclic) bond motifs is 4. The molecule has 5 aliphatic rings. The highest BCUT2D eigenvalue weighted by Gasteiger charge is 2.56. The van der Waals surface area contributed by atoms with E-state index in [4.69, 9.17) is 47.4 Å². The minimum atomic E-state index is -1.47. The summed E-state index contributed by atoms with van der Waals surface area (Å²) in [7, 11) is 4.45. The van der Waals surface area contributed by atoms with Crippen LogP contribution in [0.3, 0.4) is 0 Å². The molecule has 0 spiro atoms. The van der Waals surface area contributed by atoms with Crippen molar-refractivity contribution in [1.29, 1.82) is 0 Å². The Kier molecular flexibility index (Phi) is 8.38. The Labute approximate surface area is 264 Å². The van der Waals surface area contributed by atoms with Crippen LogP contribution in [0.4, 0.5) is 0 Å². The Hall–Kier alpha value is -3.37. The molecule has 11 atom stereocenters. The molecule has 250 valence electrons. The summed E-state index contributed by atoms with van der Waals surface area (Å²) in [6, 6.07) is 6.93. The number of benzene rings is 2. The summed E-state index contributed by atoms with van der Waals surface area (Å²) in [5.41, 5.74) is 1.99. The maximum absolute atomic E-state index is 13.5. The third-order valence-corrected chi connectivity index (χ3v) is 9.58. The largest absolute Gasteiger partial charge is 0.502 e. The molecule has 3 fully saturated rings. The number of esters is 1. The van der Waals surface area contributed by atoms with Crippen molar-refractivity contribution in [1.82, 2.24) is 0 Å². The fourth-order valence-corrected chi connectivity index (χ4v) is 7.15. The van der Waals surface area contributed by atoms with E-state index in [9.17, 15) is 20.1 Å². The van der Waals surface area contributed by atoms with Gasteiger partial charge in [-0.1, -0.05) is 0 Å². The number of methoxy groups -OCH3 is 3. The van der Waals surface area contributed by atoms with Crippen molar-refractivity contribution in [3.05, 3.63) is 41.0 Å². The molecule has 14 nitrogen and oxygen atoms in total. The van der Waals surface area contributed by atoms with E-state index in [1.54, 1.807) is 31.4 Å². The Bertz CT molecular complexity index is 1440. The maximum Gasteiger partial charge on any atom is 0.310 e. The molecule has 3 saturated heterocycles. The van der Waals surface area contributed by atoms with Crippen LogP contribution in [-0.2, 0) is 33.2 Å². The number of hydrogen-bond donors (Lipinski definition) is 3. The van der Waals surface area contributed by atoms with Crippen molar-refractivity contribution in [3.8, 4) is 28.7 Å². The lowest BCUT2D eigenvalue weighted by Gasteiger charge is -2.48. The first kappa shape index (κ1) is 31.2. The van der Waals surface area contributed by atoms with E-state index >= 15 is 0 Å². The zero-order valence-corrected chi connectivity index (χ0v) is 25.8. The second-order valence-electron chi connectivity index (χ2n) is 12.1. The number of phenols is 1. The molecule has 1 aliphatic carbocycles. The standard InChI is InChI=1S/C32H38O14/c1-13(37-2)5-23-40-11-22-30(45-23)27(34)28(35)32(44-22)46-29-16-9-19-18(42-12-43-19)8-15(16)24(25-17(29)10-41-31(25)36)14-6-20(38-3)26(33)21(7-14)39-4/h6-9,13,17,22-25,27-30,32-35H,5,10-12H2,1-4H3/t13?,17-,22?,23?,24+,25-,27?,28?,29+,30?,32?/m0/s1. The summed E-state index contributed by atoms with van der Waals surface area (Å²) < 4.78 is 57.7. The van der Waals surface area contributed by atoms with Crippen LogP contribution in [-0.4, -0.2) is 106 Å². The number of phenolic OH excluding ortho intramolecular Hbond substituents is 1. The van der Waals surface area contributed by atoms with Gasteiger partial charge in [0.25, 0.3) is 0 Å². The van der Waals surface area contributed by atoms with Crippen molar-refractivity contribution >= 4 is 5.97 Å². The molecule has 4 aliphatic heterocycles. The molecular weight excluding hydrogens is 608 g/mol. The minimum absolute atomic E-state index is 0.0219. The van der Waals surface area contributed by atoms with E-state index in [0.29, 0.717) is 34.6 Å². The van der Waals surface area contributed by atoms with Gasteiger partial charge in [0.15, 0.2) is 35.6 Å². The lowest BCUT2D eigenvalue weighted by atomic mass is 9.66. The second kappa shape index (κ2) is 12.3. The lowest BCUT2D eigenvalue weighted by molar-refractivity contribution is -0.368. The van der Waals surface area contributed by atoms with Crippen molar-refractivity contribution < 1.29 is 67.5 Å². The van der Waals surface area contributed by atoms with Gasteiger partial charge in [0, 0.05) is 25.4 Å². The van der Waals surface area contributed by atoms with Crippen molar-refractivity contribution in [3.63, 3.8) is 0 Å². The highest BCUT2D eigenvalue weighted by Crippen LogP contribution is 2.57. The van der Waals surface area contributed by atoms with Gasteiger partial charge < -0.3 is 62.7 Å². The third-order valence-electron chi connectivity index (χ3n) is 9.58. The van der Waals surface area contributed by atoms with Crippen LogP contribution in [0.25, 0.3) is 0 Å². The van der Waals surface area contributed by atoms with Gasteiger partial charge in [-0.05, 0) is 47.9 Å². The van der Waals surface area contributed by atoms with E-state index in [-0.39, 0.29) is 43.4 Å². The molecule has 7 unspecified atom stereocenters. The predicted octanol–water partition coefficient (Wildman–Crippen LogP) is 1.74. The molecule has 0 aromatic heterocycles. The Balaban J connectivity index is 1.24. The summed E-state index contributed by atoms with van der Waals surface area (Å²) in [6.45, 7) is 2.04. The first-order valence-corrected chi connectivity index (χ1v) is 15.2. The second-order valence-corrected chi connectivity index (χ2v) is 12.1. The summed E-state index contributed by atoms with van der Waals surface area (Å²) in [6.07, 6.45) is -6.82. The van der Waals surface area contributed by atoms with Crippen LogP contribution in [0.5, 0.6) is 28.7 Å².